The first kappa shape index (κ1) is 25.4. The van der Waals surface area contributed by atoms with Crippen LogP contribution in [0, 0.1) is 17.1 Å². The van der Waals surface area contributed by atoms with Gasteiger partial charge in [0.2, 0.25) is 5.60 Å². The zero-order chi connectivity index (χ0) is 25.3. The second kappa shape index (κ2) is 8.94. The third-order valence-electron chi connectivity index (χ3n) is 4.03. The molecule has 176 valence electrons. The van der Waals surface area contributed by atoms with Crippen LogP contribution in [0.3, 0.4) is 0 Å². The molecule has 1 heterocycles. The number of carbonyl (C=O) groups excluding carboxylic acids is 2. The summed E-state index contributed by atoms with van der Waals surface area (Å²) in [5.41, 5.74) is -8.71. The Morgan fingerprint density at radius 1 is 1.21 bits per heavy atom. The largest absolute Gasteiger partial charge is 0.447 e. The number of nitriles is 1. The molecule has 0 amide bonds. The van der Waals surface area contributed by atoms with Gasteiger partial charge in [-0.05, 0) is 26.0 Å². The van der Waals surface area contributed by atoms with Gasteiger partial charge in [0.05, 0.1) is 16.3 Å². The van der Waals surface area contributed by atoms with Crippen molar-refractivity contribution in [2.75, 3.05) is 12.4 Å². The van der Waals surface area contributed by atoms with Gasteiger partial charge in [-0.15, -0.1) is 0 Å². The first-order valence-electron chi connectivity index (χ1n) is 8.60. The third-order valence-corrected chi connectivity index (χ3v) is 4.35. The molecule has 0 atom stereocenters. The summed E-state index contributed by atoms with van der Waals surface area (Å²) < 4.78 is 62.4. The molecule has 0 aliphatic carbocycles. The Morgan fingerprint density at radius 3 is 2.36 bits per heavy atom. The molecule has 1 aromatic carbocycles. The van der Waals surface area contributed by atoms with Gasteiger partial charge < -0.3 is 15.3 Å². The van der Waals surface area contributed by atoms with E-state index in [9.17, 15) is 36.7 Å². The molecule has 15 heteroatoms. The van der Waals surface area contributed by atoms with Crippen LogP contribution in [0.5, 0.6) is 0 Å². The molecule has 33 heavy (non-hydrogen) atoms. The van der Waals surface area contributed by atoms with Crippen LogP contribution >= 0.6 is 11.6 Å². The van der Waals surface area contributed by atoms with E-state index in [0.717, 1.165) is 13.8 Å². The van der Waals surface area contributed by atoms with Crippen LogP contribution in [-0.4, -0.2) is 33.4 Å². The van der Waals surface area contributed by atoms with Crippen LogP contribution in [0.2, 0.25) is 5.02 Å². The molecule has 2 rings (SSSR count). The molecule has 0 radical (unpaired) electrons. The number of nitrogens with two attached hydrogens (primary N) is 1. The summed E-state index contributed by atoms with van der Waals surface area (Å²) >= 11 is 5.83. The first-order chi connectivity index (χ1) is 15.1. The van der Waals surface area contributed by atoms with Gasteiger partial charge in [0.25, 0.3) is 5.56 Å². The van der Waals surface area contributed by atoms with Gasteiger partial charge in [-0.3, -0.25) is 4.79 Å². The maximum Gasteiger partial charge on any atom is 0.433 e. The Hall–Kier alpha value is -3.86. The van der Waals surface area contributed by atoms with Crippen LogP contribution < -0.4 is 17.1 Å². The van der Waals surface area contributed by atoms with Crippen LogP contribution in [0.25, 0.3) is 5.69 Å². The van der Waals surface area contributed by atoms with Crippen molar-refractivity contribution < 1.29 is 36.6 Å². The van der Waals surface area contributed by atoms with Crippen LogP contribution in [0.4, 0.5) is 17.6 Å². The lowest BCUT2D eigenvalue weighted by atomic mass is 10.1. The van der Waals surface area contributed by atoms with Crippen molar-refractivity contribution >= 4 is 23.5 Å². The lowest BCUT2D eigenvalue weighted by molar-refractivity contribution is -0.161. The van der Waals surface area contributed by atoms with E-state index in [4.69, 9.17) is 27.4 Å². The average molecular weight is 493 g/mol. The van der Waals surface area contributed by atoms with Crippen molar-refractivity contribution in [2.45, 2.75) is 25.6 Å². The van der Waals surface area contributed by atoms with Crippen molar-refractivity contribution in [1.29, 1.82) is 5.26 Å². The number of benzene rings is 1. The van der Waals surface area contributed by atoms with E-state index in [1.807, 2.05) is 0 Å². The second-order valence-corrected chi connectivity index (χ2v) is 7.18. The summed E-state index contributed by atoms with van der Waals surface area (Å²) in [6.45, 7) is 1.58. The average Bonchev–Trinajstić information content (AvgIpc) is 2.68. The van der Waals surface area contributed by atoms with Gasteiger partial charge >= 0.3 is 23.8 Å². The molecule has 10 nitrogen and oxygen atoms in total. The number of rotatable bonds is 5. The number of nitrogens with zero attached hydrogens (tertiary/aromatic N) is 3. The van der Waals surface area contributed by atoms with Gasteiger partial charge in [0, 0.05) is 6.07 Å². The summed E-state index contributed by atoms with van der Waals surface area (Å²) in [5, 5.41) is 7.88. The molecule has 0 saturated heterocycles. The van der Waals surface area contributed by atoms with E-state index in [1.54, 1.807) is 0 Å². The molecule has 1 aromatic heterocycles. The predicted octanol–water partition coefficient (Wildman–Crippen LogP) is 1.53. The summed E-state index contributed by atoms with van der Waals surface area (Å²) in [5.74, 6) is 1.31. The zero-order valence-electron chi connectivity index (χ0n) is 16.7. The molecule has 2 aromatic rings. The first-order valence-corrected chi connectivity index (χ1v) is 8.98. The lowest BCUT2D eigenvalue weighted by Crippen LogP contribution is -2.45. The second-order valence-electron chi connectivity index (χ2n) is 6.77. The minimum atomic E-state index is -5.16. The fraction of sp³-hybridized carbons (Fsp3) is 0.278. The Balaban J connectivity index is 2.59. The molecular formula is C18H13ClF4N4O6. The summed E-state index contributed by atoms with van der Waals surface area (Å²) in [6.07, 6.45) is -5.16. The maximum absolute atomic E-state index is 14.5. The molecule has 2 N–H and O–H groups in total. The summed E-state index contributed by atoms with van der Waals surface area (Å²) in [4.78, 5) is 48.9. The number of halogens is 5. The maximum atomic E-state index is 14.5. The highest BCUT2D eigenvalue weighted by Crippen LogP contribution is 2.28. The fourth-order valence-electron chi connectivity index (χ4n) is 2.46. The number of hydrogen-bond acceptors (Lipinski definition) is 8. The van der Waals surface area contributed by atoms with E-state index in [-0.39, 0.29) is 10.6 Å². The molecular weight excluding hydrogens is 480 g/mol. The van der Waals surface area contributed by atoms with E-state index in [0.29, 0.717) is 12.1 Å². The molecule has 0 bridgehead atoms. The number of nitrogen functional groups attached to an aromatic ring is 1. The SMILES string of the molecule is CC(C)(OC(=O)c1cc(-n2c(=O)cc(C(F)(F)F)n(N)c2=O)c(F)cc1Cl)C(=O)OCC#N. The van der Waals surface area contributed by atoms with Crippen molar-refractivity contribution in [1.82, 2.24) is 9.24 Å². The lowest BCUT2D eigenvalue weighted by Gasteiger charge is -2.23. The Labute approximate surface area is 186 Å². The fourth-order valence-corrected chi connectivity index (χ4v) is 2.69. The zero-order valence-corrected chi connectivity index (χ0v) is 17.5. The standard InChI is InChI=1S/C18H13ClF4N4O6/c1-17(2,15(30)32-4-3-24)33-14(29)8-5-11(10(20)6-9(8)19)26-13(28)7-12(18(21,22)23)27(25)16(26)31/h5-7H,4,25H2,1-2H3. The van der Waals surface area contributed by atoms with Crippen molar-refractivity contribution in [3.05, 3.63) is 61.1 Å². The van der Waals surface area contributed by atoms with Gasteiger partial charge in [-0.25, -0.2) is 28.0 Å². The van der Waals surface area contributed by atoms with Crippen molar-refractivity contribution in [3.8, 4) is 11.8 Å². The number of aromatic nitrogens is 2. The van der Waals surface area contributed by atoms with Crippen LogP contribution in [0.1, 0.15) is 29.9 Å². The van der Waals surface area contributed by atoms with E-state index in [1.165, 1.54) is 6.07 Å². The normalized spacial score (nSPS) is 11.6. The Kier molecular flexibility index (Phi) is 6.88. The highest BCUT2D eigenvalue weighted by molar-refractivity contribution is 6.33. The number of carbonyl (C=O) groups is 2. The van der Waals surface area contributed by atoms with Gasteiger partial charge in [0.15, 0.2) is 12.3 Å². The minimum Gasteiger partial charge on any atom is -0.447 e. The summed E-state index contributed by atoms with van der Waals surface area (Å²) in [7, 11) is 0. The summed E-state index contributed by atoms with van der Waals surface area (Å²) in [6, 6.07) is 2.56. The molecule has 0 saturated carbocycles. The number of ether oxygens (including phenoxy) is 2. The molecule has 0 aliphatic heterocycles. The number of hydrogen-bond donors (Lipinski definition) is 1. The quantitative estimate of drug-likeness (QED) is 0.375. The molecule has 0 unspecified atom stereocenters. The van der Waals surface area contributed by atoms with Crippen LogP contribution in [-0.2, 0) is 20.4 Å². The van der Waals surface area contributed by atoms with Gasteiger partial charge in [-0.2, -0.15) is 18.4 Å². The molecule has 0 spiro atoms. The molecule has 0 fully saturated rings. The van der Waals surface area contributed by atoms with Gasteiger partial charge in [-0.1, -0.05) is 11.6 Å². The third kappa shape index (κ3) is 5.14. The highest BCUT2D eigenvalue weighted by atomic mass is 35.5. The minimum absolute atomic E-state index is 0.0399. The van der Waals surface area contributed by atoms with Crippen LogP contribution in [0.15, 0.2) is 27.8 Å². The van der Waals surface area contributed by atoms with Gasteiger partial charge in [0.1, 0.15) is 11.9 Å². The van der Waals surface area contributed by atoms with Crippen molar-refractivity contribution in [2.24, 2.45) is 0 Å². The number of alkyl halides is 3. The van der Waals surface area contributed by atoms with Crippen molar-refractivity contribution in [3.63, 3.8) is 0 Å². The highest BCUT2D eigenvalue weighted by Gasteiger charge is 2.37. The Bertz CT molecular complexity index is 1290. The smallest absolute Gasteiger partial charge is 0.433 e. The van der Waals surface area contributed by atoms with E-state index in [2.05, 4.69) is 4.74 Å². The Morgan fingerprint density at radius 2 is 1.82 bits per heavy atom. The number of esters is 2. The molecule has 0 aliphatic rings. The monoisotopic (exact) mass is 492 g/mol. The van der Waals surface area contributed by atoms with E-state index >= 15 is 0 Å². The van der Waals surface area contributed by atoms with E-state index < -0.39 is 74.0 Å². The predicted molar refractivity (Wildman–Crippen MR) is 102 cm³/mol. The topological polar surface area (TPSA) is 146 Å².